The van der Waals surface area contributed by atoms with Crippen LogP contribution in [0, 0.1) is 16.0 Å². The van der Waals surface area contributed by atoms with Crippen LogP contribution >= 0.6 is 58.0 Å². The number of nitrogens with one attached hydrogen (secondary N) is 1. The Morgan fingerprint density at radius 1 is 1.00 bits per heavy atom. The van der Waals surface area contributed by atoms with Crippen LogP contribution in [0.1, 0.15) is 27.4 Å². The van der Waals surface area contributed by atoms with Crippen LogP contribution in [0.15, 0.2) is 54.9 Å². The lowest BCUT2D eigenvalue weighted by atomic mass is 10.0. The molecule has 0 radical (unpaired) electrons. The minimum Gasteiger partial charge on any atom is -0.326 e. The second-order valence-electron chi connectivity index (χ2n) is 7.90. The van der Waals surface area contributed by atoms with Gasteiger partial charge in [-0.1, -0.05) is 40.9 Å². The highest BCUT2D eigenvalue weighted by molar-refractivity contribution is 6.53. The van der Waals surface area contributed by atoms with Gasteiger partial charge in [0.25, 0.3) is 5.69 Å². The molecule has 2 aromatic carbocycles. The van der Waals surface area contributed by atoms with Gasteiger partial charge < -0.3 is 5.32 Å². The van der Waals surface area contributed by atoms with E-state index in [0.717, 1.165) is 6.20 Å². The third kappa shape index (κ3) is 5.39. The van der Waals surface area contributed by atoms with Gasteiger partial charge in [-0.15, -0.1) is 23.2 Å². The first kappa shape index (κ1) is 25.7. The highest BCUT2D eigenvalue weighted by atomic mass is 35.5. The first-order valence-corrected chi connectivity index (χ1v) is 11.9. The Bertz CT molecular complexity index is 1360. The van der Waals surface area contributed by atoms with Gasteiger partial charge in [-0.25, -0.2) is 0 Å². The first-order chi connectivity index (χ1) is 16.5. The summed E-state index contributed by atoms with van der Waals surface area (Å²) >= 11 is 31.0. The van der Waals surface area contributed by atoms with E-state index in [-0.39, 0.29) is 22.7 Å². The number of aromatic nitrogens is 1. The van der Waals surface area contributed by atoms with Gasteiger partial charge in [-0.3, -0.25) is 24.7 Å². The molecule has 0 aliphatic heterocycles. The molecule has 0 bridgehead atoms. The molecule has 35 heavy (non-hydrogen) atoms. The third-order valence-corrected chi connectivity index (χ3v) is 7.54. The fourth-order valence-corrected chi connectivity index (χ4v) is 5.12. The van der Waals surface area contributed by atoms with E-state index in [1.807, 2.05) is 0 Å². The molecular weight excluding hydrogens is 560 g/mol. The maximum absolute atomic E-state index is 13.0. The Morgan fingerprint density at radius 3 is 2.40 bits per heavy atom. The molecule has 0 spiro atoms. The SMILES string of the molecule is O=C(Cc1cncc([N+](=O)[O-])c1)c1cc(NC(=O)[C@H]2[C@H](c3ccc(Cl)c(Cl)c3)C2(Cl)Cl)ccc1Cl. The number of ketones is 1. The van der Waals surface area contributed by atoms with Crippen molar-refractivity contribution in [3.63, 3.8) is 0 Å². The number of halogens is 5. The minimum absolute atomic E-state index is 0.135. The van der Waals surface area contributed by atoms with Crippen LogP contribution in [0.4, 0.5) is 11.4 Å². The van der Waals surface area contributed by atoms with Crippen LogP contribution in [-0.2, 0) is 11.2 Å². The Kier molecular flexibility index (Phi) is 7.27. The van der Waals surface area contributed by atoms with Crippen LogP contribution in [0.2, 0.25) is 15.1 Å². The van der Waals surface area contributed by atoms with Crippen molar-refractivity contribution in [2.24, 2.45) is 5.92 Å². The lowest BCUT2D eigenvalue weighted by molar-refractivity contribution is -0.385. The lowest BCUT2D eigenvalue weighted by Gasteiger charge is -2.09. The number of anilines is 1. The summed E-state index contributed by atoms with van der Waals surface area (Å²) in [5.74, 6) is -2.13. The van der Waals surface area contributed by atoms with E-state index in [0.29, 0.717) is 26.9 Å². The zero-order chi connectivity index (χ0) is 25.5. The van der Waals surface area contributed by atoms with Crippen LogP contribution in [0.5, 0.6) is 0 Å². The van der Waals surface area contributed by atoms with E-state index in [9.17, 15) is 19.7 Å². The van der Waals surface area contributed by atoms with E-state index in [4.69, 9.17) is 58.0 Å². The summed E-state index contributed by atoms with van der Waals surface area (Å²) in [4.78, 5) is 39.9. The van der Waals surface area contributed by atoms with E-state index in [2.05, 4.69) is 10.3 Å². The molecule has 7 nitrogen and oxygen atoms in total. The van der Waals surface area contributed by atoms with Crippen molar-refractivity contribution in [1.82, 2.24) is 4.98 Å². The average molecular weight is 574 g/mol. The van der Waals surface area contributed by atoms with Gasteiger partial charge >= 0.3 is 0 Å². The Labute approximate surface area is 224 Å². The maximum Gasteiger partial charge on any atom is 0.287 e. The smallest absolute Gasteiger partial charge is 0.287 e. The van der Waals surface area contributed by atoms with Crippen molar-refractivity contribution >= 4 is 81.1 Å². The van der Waals surface area contributed by atoms with Crippen molar-refractivity contribution in [3.05, 3.63) is 96.7 Å². The number of nitrogens with zero attached hydrogens (tertiary/aromatic N) is 2. The zero-order valence-electron chi connectivity index (χ0n) is 17.5. The van der Waals surface area contributed by atoms with Gasteiger partial charge in [0.15, 0.2) is 5.78 Å². The van der Waals surface area contributed by atoms with Crippen LogP contribution < -0.4 is 5.32 Å². The van der Waals surface area contributed by atoms with Crippen LogP contribution in [0.3, 0.4) is 0 Å². The molecule has 12 heteroatoms. The van der Waals surface area contributed by atoms with Gasteiger partial charge in [-0.2, -0.15) is 0 Å². The zero-order valence-corrected chi connectivity index (χ0v) is 21.3. The number of benzene rings is 2. The summed E-state index contributed by atoms with van der Waals surface area (Å²) < 4.78 is -1.35. The van der Waals surface area contributed by atoms with E-state index in [1.165, 1.54) is 30.5 Å². The molecule has 0 saturated heterocycles. The van der Waals surface area contributed by atoms with Crippen molar-refractivity contribution in [2.75, 3.05) is 5.32 Å². The van der Waals surface area contributed by atoms with Crippen LogP contribution in [-0.4, -0.2) is 25.9 Å². The van der Waals surface area contributed by atoms with E-state index >= 15 is 0 Å². The molecule has 180 valence electrons. The number of carbonyl (C=O) groups is 2. The predicted molar refractivity (Wildman–Crippen MR) is 136 cm³/mol. The lowest BCUT2D eigenvalue weighted by Crippen LogP contribution is -2.17. The number of pyridine rings is 1. The standard InChI is InChI=1S/C23H14Cl5N3O4/c24-16-4-2-13(8-15(16)19(32)6-11-5-14(31(34)35)10-29-9-11)30-22(33)21-20(23(21,27)28)12-1-3-17(25)18(26)7-12/h1-5,7-10,20-21H,6H2,(H,30,33)/t20-,21+/m0/s1. The molecule has 1 fully saturated rings. The Hall–Kier alpha value is -2.42. The number of alkyl halides is 2. The quantitative estimate of drug-likeness (QED) is 0.143. The van der Waals surface area contributed by atoms with Gasteiger partial charge in [0.05, 0.1) is 25.9 Å². The topological polar surface area (TPSA) is 102 Å². The van der Waals surface area contributed by atoms with E-state index in [1.54, 1.807) is 18.2 Å². The number of Topliss-reactive ketones (excluding diaryl/α,β-unsaturated/α-hetero) is 1. The highest BCUT2D eigenvalue weighted by Crippen LogP contribution is 2.65. The number of hydrogen-bond acceptors (Lipinski definition) is 5. The van der Waals surface area contributed by atoms with Crippen molar-refractivity contribution in [3.8, 4) is 0 Å². The monoisotopic (exact) mass is 571 g/mol. The first-order valence-electron chi connectivity index (χ1n) is 10.0. The summed E-state index contributed by atoms with van der Waals surface area (Å²) in [5, 5.41) is 14.5. The number of rotatable bonds is 7. The van der Waals surface area contributed by atoms with Gasteiger partial charge in [0.1, 0.15) is 10.5 Å². The third-order valence-electron chi connectivity index (χ3n) is 5.53. The summed E-state index contributed by atoms with van der Waals surface area (Å²) in [6.45, 7) is 0. The maximum atomic E-state index is 13.0. The molecule has 3 aromatic rings. The van der Waals surface area contributed by atoms with Gasteiger partial charge in [0, 0.05) is 35.9 Å². The van der Waals surface area contributed by atoms with Gasteiger partial charge in [0.2, 0.25) is 5.91 Å². The molecule has 1 heterocycles. The second kappa shape index (κ2) is 9.91. The molecule has 0 unspecified atom stereocenters. The van der Waals surface area contributed by atoms with E-state index < -0.39 is 32.8 Å². The summed E-state index contributed by atoms with van der Waals surface area (Å²) in [6, 6.07) is 10.6. The fourth-order valence-electron chi connectivity index (χ4n) is 3.76. The number of amides is 1. The van der Waals surface area contributed by atoms with Crippen molar-refractivity contribution in [1.29, 1.82) is 0 Å². The minimum atomic E-state index is -1.35. The van der Waals surface area contributed by atoms with Gasteiger partial charge in [-0.05, 0) is 41.5 Å². The molecule has 2 atom stereocenters. The molecular formula is C23H14Cl5N3O4. The fraction of sp³-hybridized carbons (Fsp3) is 0.174. The summed E-state index contributed by atoms with van der Waals surface area (Å²) in [7, 11) is 0. The summed E-state index contributed by atoms with van der Waals surface area (Å²) in [6.07, 6.45) is 2.29. The van der Waals surface area contributed by atoms with Crippen molar-refractivity contribution in [2.45, 2.75) is 16.7 Å². The molecule has 1 aliphatic carbocycles. The molecule has 1 aromatic heterocycles. The molecule has 1 amide bonds. The molecule has 1 saturated carbocycles. The molecule has 1 N–H and O–H groups in total. The average Bonchev–Trinajstić information content (AvgIpc) is 3.39. The predicted octanol–water partition coefficient (Wildman–Crippen LogP) is 6.90. The Balaban J connectivity index is 1.50. The number of carbonyl (C=O) groups excluding carboxylic acids is 2. The molecule has 1 aliphatic rings. The second-order valence-corrected chi connectivity index (χ2v) is 10.6. The summed E-state index contributed by atoms with van der Waals surface area (Å²) in [5.41, 5.74) is 1.24. The molecule has 4 rings (SSSR count). The largest absolute Gasteiger partial charge is 0.326 e. The number of hydrogen-bond donors (Lipinski definition) is 1. The van der Waals surface area contributed by atoms with Crippen LogP contribution in [0.25, 0.3) is 0 Å². The number of nitro groups is 1. The highest BCUT2D eigenvalue weighted by Gasteiger charge is 2.67. The Morgan fingerprint density at radius 2 is 1.71 bits per heavy atom. The normalized spacial score (nSPS) is 18.1. The van der Waals surface area contributed by atoms with Crippen molar-refractivity contribution < 1.29 is 14.5 Å².